The van der Waals surface area contributed by atoms with E-state index >= 15 is 0 Å². The summed E-state index contributed by atoms with van der Waals surface area (Å²) in [5, 5.41) is 2.13. The average molecular weight is 246 g/mol. The van der Waals surface area contributed by atoms with Crippen molar-refractivity contribution in [2.75, 3.05) is 0 Å². The minimum absolute atomic E-state index is 0.701. The molecule has 1 aliphatic carbocycles. The molecule has 0 nitrogen and oxygen atoms in total. The quantitative estimate of drug-likeness (QED) is 0.670. The van der Waals surface area contributed by atoms with Gasteiger partial charge in [0.05, 0.1) is 4.21 Å². The first-order valence-electron chi connectivity index (χ1n) is 5.66. The van der Waals surface area contributed by atoms with Crippen molar-refractivity contribution < 1.29 is 0 Å². The van der Waals surface area contributed by atoms with Gasteiger partial charge in [-0.05, 0) is 36.8 Å². The van der Waals surface area contributed by atoms with E-state index in [9.17, 15) is 0 Å². The maximum Gasteiger partial charge on any atom is 0.0646 e. The smallest absolute Gasteiger partial charge is 0.0646 e. The number of allylic oxidation sites excluding steroid dienone is 1. The molecule has 0 saturated heterocycles. The number of hydrogen-bond donors (Lipinski definition) is 0. The lowest BCUT2D eigenvalue weighted by Crippen LogP contribution is -1.90. The average Bonchev–Trinajstić information content (AvgIpc) is 2.90. The molecule has 0 saturated carbocycles. The molecule has 2 aromatic rings. The number of rotatable bonds is 2. The molecule has 0 radical (unpaired) electrons. The first kappa shape index (κ1) is 10.4. The summed E-state index contributed by atoms with van der Waals surface area (Å²) >= 11 is 3.98. The maximum absolute atomic E-state index is 2.36. The summed E-state index contributed by atoms with van der Waals surface area (Å²) in [6.45, 7) is 2.25. The highest BCUT2D eigenvalue weighted by atomic mass is 32.2. The Morgan fingerprint density at radius 1 is 1.31 bits per heavy atom. The van der Waals surface area contributed by atoms with Crippen molar-refractivity contribution in [2.24, 2.45) is 0 Å². The Bertz CT molecular complexity index is 537. The van der Waals surface area contributed by atoms with Gasteiger partial charge in [-0.25, -0.2) is 0 Å². The van der Waals surface area contributed by atoms with E-state index in [4.69, 9.17) is 0 Å². The van der Waals surface area contributed by atoms with Crippen molar-refractivity contribution in [3.8, 4) is 0 Å². The molecule has 1 aromatic heterocycles. The maximum atomic E-state index is 2.36. The van der Waals surface area contributed by atoms with Crippen LogP contribution in [0.3, 0.4) is 0 Å². The topological polar surface area (TPSA) is 0 Å². The van der Waals surface area contributed by atoms with Gasteiger partial charge in [0.1, 0.15) is 0 Å². The van der Waals surface area contributed by atoms with Gasteiger partial charge >= 0.3 is 0 Å². The van der Waals surface area contributed by atoms with Gasteiger partial charge in [0.25, 0.3) is 0 Å². The Kier molecular flexibility index (Phi) is 2.78. The van der Waals surface area contributed by atoms with E-state index in [0.29, 0.717) is 5.25 Å². The Labute approximate surface area is 104 Å². The van der Waals surface area contributed by atoms with E-state index in [1.54, 1.807) is 0 Å². The molecule has 0 amide bonds. The van der Waals surface area contributed by atoms with Crippen LogP contribution in [0.15, 0.2) is 40.6 Å². The molecule has 0 fully saturated rings. The van der Waals surface area contributed by atoms with Gasteiger partial charge in [0.2, 0.25) is 0 Å². The number of thioether (sulfide) groups is 1. The third-order valence-electron chi connectivity index (χ3n) is 3.03. The second-order valence-corrected chi connectivity index (χ2v) is 6.73. The van der Waals surface area contributed by atoms with Crippen LogP contribution in [-0.4, -0.2) is 5.25 Å². The van der Waals surface area contributed by atoms with Crippen LogP contribution >= 0.6 is 23.1 Å². The van der Waals surface area contributed by atoms with E-state index in [1.165, 1.54) is 32.7 Å². The Hall–Kier alpha value is -0.730. The lowest BCUT2D eigenvalue weighted by Gasteiger charge is -2.05. The summed E-state index contributed by atoms with van der Waals surface area (Å²) in [5.41, 5.74) is 1.46. The van der Waals surface area contributed by atoms with Gasteiger partial charge in [-0.3, -0.25) is 0 Å². The normalized spacial score (nSPS) is 19.7. The SMILES string of the molecule is Cc1c(SC2C=CCC2)sc2ccccc12. The Morgan fingerprint density at radius 2 is 2.19 bits per heavy atom. The van der Waals surface area contributed by atoms with E-state index in [2.05, 4.69) is 43.3 Å². The molecule has 1 unspecified atom stereocenters. The highest BCUT2D eigenvalue weighted by molar-refractivity contribution is 8.02. The van der Waals surface area contributed by atoms with Crippen molar-refractivity contribution in [3.05, 3.63) is 42.0 Å². The molecular weight excluding hydrogens is 232 g/mol. The summed E-state index contributed by atoms with van der Waals surface area (Å²) in [6, 6.07) is 8.71. The highest BCUT2D eigenvalue weighted by Crippen LogP contribution is 2.41. The first-order chi connectivity index (χ1) is 7.84. The molecule has 1 heterocycles. The van der Waals surface area contributed by atoms with Gasteiger partial charge in [0.15, 0.2) is 0 Å². The van der Waals surface area contributed by atoms with Crippen molar-refractivity contribution >= 4 is 33.2 Å². The van der Waals surface area contributed by atoms with Gasteiger partial charge in [-0.2, -0.15) is 0 Å². The molecule has 0 bridgehead atoms. The lowest BCUT2D eigenvalue weighted by atomic mass is 10.2. The molecule has 0 aliphatic heterocycles. The number of hydrogen-bond acceptors (Lipinski definition) is 2. The fourth-order valence-electron chi connectivity index (χ4n) is 2.10. The predicted molar refractivity (Wildman–Crippen MR) is 74.6 cm³/mol. The molecule has 1 aliphatic rings. The minimum atomic E-state index is 0.701. The van der Waals surface area contributed by atoms with Crippen LogP contribution in [0, 0.1) is 6.92 Å². The summed E-state index contributed by atoms with van der Waals surface area (Å²) in [4.78, 5) is 0. The van der Waals surface area contributed by atoms with Gasteiger partial charge in [-0.15, -0.1) is 23.1 Å². The molecule has 16 heavy (non-hydrogen) atoms. The summed E-state index contributed by atoms with van der Waals surface area (Å²) < 4.78 is 2.92. The second kappa shape index (κ2) is 4.27. The van der Waals surface area contributed by atoms with Crippen molar-refractivity contribution in [2.45, 2.75) is 29.2 Å². The van der Waals surface area contributed by atoms with E-state index in [-0.39, 0.29) is 0 Å². The van der Waals surface area contributed by atoms with Crippen LogP contribution in [0.5, 0.6) is 0 Å². The molecule has 1 atom stereocenters. The monoisotopic (exact) mass is 246 g/mol. The fourth-order valence-corrected chi connectivity index (χ4v) is 4.88. The van der Waals surface area contributed by atoms with E-state index in [0.717, 1.165) is 0 Å². The predicted octanol–water partition coefficient (Wildman–Crippen LogP) is 5.02. The number of benzene rings is 1. The molecule has 1 aromatic carbocycles. The van der Waals surface area contributed by atoms with Crippen LogP contribution in [0.4, 0.5) is 0 Å². The molecule has 82 valence electrons. The van der Waals surface area contributed by atoms with E-state index < -0.39 is 0 Å². The second-order valence-electron chi connectivity index (χ2n) is 4.17. The number of aryl methyl sites for hydroxylation is 1. The third-order valence-corrected chi connectivity index (χ3v) is 5.85. The largest absolute Gasteiger partial charge is 0.129 e. The zero-order chi connectivity index (χ0) is 11.0. The van der Waals surface area contributed by atoms with Gasteiger partial charge < -0.3 is 0 Å². The fraction of sp³-hybridized carbons (Fsp3) is 0.286. The van der Waals surface area contributed by atoms with Crippen LogP contribution < -0.4 is 0 Å². The number of thiophene rings is 1. The van der Waals surface area contributed by atoms with Gasteiger partial charge in [-0.1, -0.05) is 30.4 Å². The minimum Gasteiger partial charge on any atom is -0.129 e. The zero-order valence-electron chi connectivity index (χ0n) is 9.27. The summed E-state index contributed by atoms with van der Waals surface area (Å²) in [5.74, 6) is 0. The zero-order valence-corrected chi connectivity index (χ0v) is 10.9. The van der Waals surface area contributed by atoms with Crippen LogP contribution in [-0.2, 0) is 0 Å². The first-order valence-corrected chi connectivity index (χ1v) is 7.35. The van der Waals surface area contributed by atoms with Crippen molar-refractivity contribution in [1.82, 2.24) is 0 Å². The van der Waals surface area contributed by atoms with E-state index in [1.807, 2.05) is 23.1 Å². The standard InChI is InChI=1S/C14H14S2/c1-10-12-8-4-5-9-13(12)16-14(10)15-11-6-2-3-7-11/h2,4-6,8-9,11H,3,7H2,1H3. The highest BCUT2D eigenvalue weighted by Gasteiger charge is 2.15. The third kappa shape index (κ3) is 1.80. The van der Waals surface area contributed by atoms with Crippen LogP contribution in [0.2, 0.25) is 0 Å². The van der Waals surface area contributed by atoms with Crippen molar-refractivity contribution in [1.29, 1.82) is 0 Å². The Balaban J connectivity index is 1.97. The van der Waals surface area contributed by atoms with Crippen molar-refractivity contribution in [3.63, 3.8) is 0 Å². The molecule has 0 spiro atoms. The van der Waals surface area contributed by atoms with Crippen LogP contribution in [0.1, 0.15) is 18.4 Å². The molecular formula is C14H14S2. The summed E-state index contributed by atoms with van der Waals surface area (Å²) in [6.07, 6.45) is 7.22. The molecule has 2 heteroatoms. The van der Waals surface area contributed by atoms with Gasteiger partial charge in [0, 0.05) is 9.95 Å². The van der Waals surface area contributed by atoms with Crippen LogP contribution in [0.25, 0.3) is 10.1 Å². The molecule has 0 N–H and O–H groups in total. The summed E-state index contributed by atoms with van der Waals surface area (Å²) in [7, 11) is 0. The number of fused-ring (bicyclic) bond motifs is 1. The molecule has 3 rings (SSSR count). The lowest BCUT2D eigenvalue weighted by molar-refractivity contribution is 0.944. The Morgan fingerprint density at radius 3 is 2.94 bits per heavy atom.